The Balaban J connectivity index is 2.11. The second-order valence-electron chi connectivity index (χ2n) is 4.57. The van der Waals surface area contributed by atoms with E-state index in [-0.39, 0.29) is 11.8 Å². The summed E-state index contributed by atoms with van der Waals surface area (Å²) in [5, 5.41) is 0.932. The molecule has 2 fully saturated rings. The van der Waals surface area contributed by atoms with Crippen LogP contribution >= 0.6 is 0 Å². The molecule has 2 heterocycles. The Morgan fingerprint density at radius 2 is 1.94 bits per heavy atom. The highest BCUT2D eigenvalue weighted by molar-refractivity contribution is 6.04. The predicted octanol–water partition coefficient (Wildman–Crippen LogP) is 0.409. The smallest absolute Gasteiger partial charge is 0.260 e. The van der Waals surface area contributed by atoms with Crippen molar-refractivity contribution in [1.82, 2.24) is 9.96 Å². The molecular formula is C11H18N2O3. The first-order valence-corrected chi connectivity index (χ1v) is 5.77. The zero-order chi connectivity index (χ0) is 11.8. The van der Waals surface area contributed by atoms with Crippen LogP contribution in [0.2, 0.25) is 0 Å². The zero-order valence-electron chi connectivity index (χ0n) is 9.86. The number of piperidine rings is 1. The molecule has 16 heavy (non-hydrogen) atoms. The van der Waals surface area contributed by atoms with Gasteiger partial charge in [-0.2, -0.15) is 5.06 Å². The number of rotatable bonds is 2. The lowest BCUT2D eigenvalue weighted by atomic mass is 9.77. The zero-order valence-corrected chi connectivity index (χ0v) is 9.86. The molecule has 0 radical (unpaired) electrons. The van der Waals surface area contributed by atoms with E-state index in [1.54, 1.807) is 0 Å². The number of hydroxylamine groups is 2. The van der Waals surface area contributed by atoms with E-state index in [4.69, 9.17) is 4.84 Å². The van der Waals surface area contributed by atoms with Gasteiger partial charge in [0, 0.05) is 6.42 Å². The highest BCUT2D eigenvalue weighted by Gasteiger charge is 2.53. The molecule has 0 aliphatic carbocycles. The average Bonchev–Trinajstić information content (AvgIpc) is 2.52. The normalized spacial score (nSPS) is 25.8. The number of likely N-dealkylation sites (tertiary alicyclic amines) is 1. The van der Waals surface area contributed by atoms with Crippen molar-refractivity contribution in [2.75, 3.05) is 26.7 Å². The van der Waals surface area contributed by atoms with E-state index in [0.29, 0.717) is 6.42 Å². The van der Waals surface area contributed by atoms with Crippen LogP contribution < -0.4 is 0 Å². The molecule has 90 valence electrons. The monoisotopic (exact) mass is 226 g/mol. The third kappa shape index (κ3) is 1.64. The molecule has 2 rings (SSSR count). The minimum absolute atomic E-state index is 0.143. The molecule has 0 saturated carbocycles. The Labute approximate surface area is 95.3 Å². The minimum Gasteiger partial charge on any atom is -0.304 e. The molecule has 2 amide bonds. The van der Waals surface area contributed by atoms with Crippen molar-refractivity contribution in [3.05, 3.63) is 0 Å². The molecule has 0 atom stereocenters. The third-order valence-electron chi connectivity index (χ3n) is 3.80. The quantitative estimate of drug-likeness (QED) is 0.640. The Morgan fingerprint density at radius 1 is 1.31 bits per heavy atom. The summed E-state index contributed by atoms with van der Waals surface area (Å²) in [6.07, 6.45) is 1.85. The molecule has 0 aromatic heterocycles. The van der Waals surface area contributed by atoms with Crippen molar-refractivity contribution in [3.8, 4) is 0 Å². The molecular weight excluding hydrogens is 208 g/mol. The molecule has 2 aliphatic rings. The van der Waals surface area contributed by atoms with Gasteiger partial charge in [-0.05, 0) is 32.5 Å². The molecule has 0 bridgehead atoms. The van der Waals surface area contributed by atoms with Crippen LogP contribution in [-0.2, 0) is 14.4 Å². The topological polar surface area (TPSA) is 49.9 Å². The number of hydrogen-bond acceptors (Lipinski definition) is 4. The standard InChI is InChI=1S/C11H18N2O3/c1-3-12-6-4-11(5-7-12)8-9(14)13(16-2)10(11)15/h3-8H2,1-2H3. The fraction of sp³-hybridized carbons (Fsp3) is 0.818. The largest absolute Gasteiger partial charge is 0.304 e. The number of carbonyl (C=O) groups is 2. The van der Waals surface area contributed by atoms with Crippen molar-refractivity contribution in [2.24, 2.45) is 5.41 Å². The van der Waals surface area contributed by atoms with Crippen molar-refractivity contribution in [2.45, 2.75) is 26.2 Å². The highest BCUT2D eigenvalue weighted by Crippen LogP contribution is 2.41. The maximum atomic E-state index is 12.1. The van der Waals surface area contributed by atoms with Gasteiger partial charge in [-0.3, -0.25) is 14.4 Å². The SMILES string of the molecule is CCN1CCC2(CC1)CC(=O)N(OC)C2=O. The van der Waals surface area contributed by atoms with E-state index < -0.39 is 5.41 Å². The van der Waals surface area contributed by atoms with Crippen LogP contribution in [0.15, 0.2) is 0 Å². The highest BCUT2D eigenvalue weighted by atomic mass is 16.7. The second kappa shape index (κ2) is 4.14. The summed E-state index contributed by atoms with van der Waals surface area (Å²) in [7, 11) is 1.37. The summed E-state index contributed by atoms with van der Waals surface area (Å²) < 4.78 is 0. The van der Waals surface area contributed by atoms with Gasteiger partial charge in [0.2, 0.25) is 0 Å². The lowest BCUT2D eigenvalue weighted by Crippen LogP contribution is -2.44. The van der Waals surface area contributed by atoms with Gasteiger partial charge in [-0.1, -0.05) is 6.92 Å². The molecule has 0 aromatic carbocycles. The molecule has 0 aromatic rings. The average molecular weight is 226 g/mol. The van der Waals surface area contributed by atoms with E-state index in [0.717, 1.165) is 37.5 Å². The van der Waals surface area contributed by atoms with E-state index in [1.165, 1.54) is 7.11 Å². The molecule has 0 unspecified atom stereocenters. The van der Waals surface area contributed by atoms with Crippen LogP contribution in [0, 0.1) is 5.41 Å². The molecule has 0 N–H and O–H groups in total. The van der Waals surface area contributed by atoms with Crippen molar-refractivity contribution >= 4 is 11.8 Å². The van der Waals surface area contributed by atoms with Gasteiger partial charge in [0.15, 0.2) is 0 Å². The summed E-state index contributed by atoms with van der Waals surface area (Å²) in [5.74, 6) is -0.340. The summed E-state index contributed by atoms with van der Waals surface area (Å²) in [6, 6.07) is 0. The first-order valence-electron chi connectivity index (χ1n) is 5.77. The first-order chi connectivity index (χ1) is 7.63. The van der Waals surface area contributed by atoms with E-state index in [9.17, 15) is 9.59 Å². The maximum absolute atomic E-state index is 12.1. The van der Waals surface area contributed by atoms with Gasteiger partial charge >= 0.3 is 0 Å². The van der Waals surface area contributed by atoms with Gasteiger partial charge in [0.25, 0.3) is 11.8 Å². The van der Waals surface area contributed by atoms with Gasteiger partial charge in [0.05, 0.1) is 12.5 Å². The molecule has 5 heteroatoms. The first kappa shape index (κ1) is 11.5. The van der Waals surface area contributed by atoms with Crippen LogP contribution in [-0.4, -0.2) is 48.5 Å². The lowest BCUT2D eigenvalue weighted by molar-refractivity contribution is -0.183. The number of imide groups is 1. The van der Waals surface area contributed by atoms with Crippen LogP contribution in [0.4, 0.5) is 0 Å². The predicted molar refractivity (Wildman–Crippen MR) is 57.3 cm³/mol. The van der Waals surface area contributed by atoms with Gasteiger partial charge in [-0.15, -0.1) is 0 Å². The minimum atomic E-state index is -0.473. The van der Waals surface area contributed by atoms with Crippen molar-refractivity contribution in [3.63, 3.8) is 0 Å². The third-order valence-corrected chi connectivity index (χ3v) is 3.80. The second-order valence-corrected chi connectivity index (χ2v) is 4.57. The molecule has 2 aliphatic heterocycles. The fourth-order valence-electron chi connectivity index (χ4n) is 2.64. The fourth-order valence-corrected chi connectivity index (χ4v) is 2.64. The lowest BCUT2D eigenvalue weighted by Gasteiger charge is -2.36. The van der Waals surface area contributed by atoms with E-state index >= 15 is 0 Å². The van der Waals surface area contributed by atoms with Gasteiger partial charge in [0.1, 0.15) is 0 Å². The van der Waals surface area contributed by atoms with Crippen molar-refractivity contribution < 1.29 is 14.4 Å². The Morgan fingerprint density at radius 3 is 2.38 bits per heavy atom. The van der Waals surface area contributed by atoms with Crippen molar-refractivity contribution in [1.29, 1.82) is 0 Å². The summed E-state index contributed by atoms with van der Waals surface area (Å²) >= 11 is 0. The van der Waals surface area contributed by atoms with Crippen LogP contribution in [0.1, 0.15) is 26.2 Å². The van der Waals surface area contributed by atoms with E-state index in [1.807, 2.05) is 0 Å². The van der Waals surface area contributed by atoms with Crippen LogP contribution in [0.25, 0.3) is 0 Å². The molecule has 5 nitrogen and oxygen atoms in total. The Kier molecular flexibility index (Phi) is 2.99. The maximum Gasteiger partial charge on any atom is 0.260 e. The van der Waals surface area contributed by atoms with Crippen LogP contribution in [0.3, 0.4) is 0 Å². The summed E-state index contributed by atoms with van der Waals surface area (Å²) in [6.45, 7) is 4.91. The molecule has 1 spiro atoms. The van der Waals surface area contributed by atoms with E-state index in [2.05, 4.69) is 11.8 Å². The van der Waals surface area contributed by atoms with Gasteiger partial charge < -0.3 is 4.90 Å². The van der Waals surface area contributed by atoms with Gasteiger partial charge in [-0.25, -0.2) is 0 Å². The molecule has 2 saturated heterocycles. The number of carbonyl (C=O) groups excluding carboxylic acids is 2. The Bertz CT molecular complexity index is 308. The number of amides is 2. The number of nitrogens with zero attached hydrogens (tertiary/aromatic N) is 2. The van der Waals surface area contributed by atoms with Crippen LogP contribution in [0.5, 0.6) is 0 Å². The summed E-state index contributed by atoms with van der Waals surface area (Å²) in [5.41, 5.74) is -0.473. The Hall–Kier alpha value is -0.940. The number of hydrogen-bond donors (Lipinski definition) is 0. The summed E-state index contributed by atoms with van der Waals surface area (Å²) in [4.78, 5) is 30.8.